The summed E-state index contributed by atoms with van der Waals surface area (Å²) >= 11 is 0. The Kier molecular flexibility index (Phi) is 5.33. The van der Waals surface area contributed by atoms with Crippen molar-refractivity contribution in [2.75, 3.05) is 32.5 Å². The van der Waals surface area contributed by atoms with Gasteiger partial charge in [-0.1, -0.05) is 26.0 Å². The van der Waals surface area contributed by atoms with Crippen molar-refractivity contribution < 1.29 is 0 Å². The van der Waals surface area contributed by atoms with Gasteiger partial charge in [-0.25, -0.2) is 0 Å². The van der Waals surface area contributed by atoms with E-state index in [0.29, 0.717) is 5.92 Å². The number of hydrogen-bond donors (Lipinski definition) is 1. The first-order valence-corrected chi connectivity index (χ1v) is 6.08. The Labute approximate surface area is 99.7 Å². The van der Waals surface area contributed by atoms with Crippen LogP contribution in [-0.2, 0) is 0 Å². The lowest BCUT2D eigenvalue weighted by molar-refractivity contribution is 0.405. The summed E-state index contributed by atoms with van der Waals surface area (Å²) in [6, 6.07) is 8.76. The smallest absolute Gasteiger partial charge is 0.0340 e. The Morgan fingerprint density at radius 2 is 1.75 bits per heavy atom. The lowest BCUT2D eigenvalue weighted by Crippen LogP contribution is -2.16. The van der Waals surface area contributed by atoms with Crippen LogP contribution in [0.3, 0.4) is 0 Å². The van der Waals surface area contributed by atoms with Crippen LogP contribution in [0.5, 0.6) is 0 Å². The first-order chi connectivity index (χ1) is 7.59. The molecule has 0 heterocycles. The van der Waals surface area contributed by atoms with E-state index < -0.39 is 0 Å². The maximum Gasteiger partial charge on any atom is 0.0340 e. The Morgan fingerprint density at radius 3 is 2.25 bits per heavy atom. The van der Waals surface area contributed by atoms with Crippen molar-refractivity contribution in [2.24, 2.45) is 0 Å². The summed E-state index contributed by atoms with van der Waals surface area (Å²) in [4.78, 5) is 2.21. The fraction of sp³-hybridized carbons (Fsp3) is 0.571. The maximum absolute atomic E-state index is 3.44. The second-order valence-corrected chi connectivity index (χ2v) is 4.86. The number of nitrogens with one attached hydrogen (secondary N) is 1. The van der Waals surface area contributed by atoms with Crippen LogP contribution < -0.4 is 5.32 Å². The third kappa shape index (κ3) is 4.67. The molecule has 0 radical (unpaired) electrons. The standard InChI is InChI=1S/C14H24N2/c1-12(2)13-6-8-14(9-7-13)15-10-5-11-16(3)4/h6-9,12,15H,5,10-11H2,1-4H3. The third-order valence-electron chi connectivity index (χ3n) is 2.69. The largest absolute Gasteiger partial charge is 0.385 e. The fourth-order valence-corrected chi connectivity index (χ4v) is 1.61. The molecule has 0 atom stereocenters. The Morgan fingerprint density at radius 1 is 1.12 bits per heavy atom. The summed E-state index contributed by atoms with van der Waals surface area (Å²) in [6.45, 7) is 6.62. The van der Waals surface area contributed by atoms with Gasteiger partial charge in [0.15, 0.2) is 0 Å². The highest BCUT2D eigenvalue weighted by Crippen LogP contribution is 2.16. The summed E-state index contributed by atoms with van der Waals surface area (Å²) in [5, 5.41) is 3.44. The zero-order valence-corrected chi connectivity index (χ0v) is 11.0. The average Bonchev–Trinajstić information content (AvgIpc) is 2.25. The normalized spacial score (nSPS) is 11.1. The predicted octanol–water partition coefficient (Wildman–Crippen LogP) is 3.17. The monoisotopic (exact) mass is 220 g/mol. The average molecular weight is 220 g/mol. The van der Waals surface area contributed by atoms with E-state index in [4.69, 9.17) is 0 Å². The topological polar surface area (TPSA) is 15.3 Å². The molecule has 2 nitrogen and oxygen atoms in total. The van der Waals surface area contributed by atoms with Crippen molar-refractivity contribution in [2.45, 2.75) is 26.2 Å². The lowest BCUT2D eigenvalue weighted by Gasteiger charge is -2.11. The van der Waals surface area contributed by atoms with Crippen LogP contribution in [-0.4, -0.2) is 32.1 Å². The molecule has 90 valence electrons. The molecule has 2 heteroatoms. The molecule has 0 amide bonds. The summed E-state index contributed by atoms with van der Waals surface area (Å²) in [5.41, 5.74) is 2.63. The Bertz CT molecular complexity index is 288. The van der Waals surface area contributed by atoms with Gasteiger partial charge in [-0.2, -0.15) is 0 Å². The highest BCUT2D eigenvalue weighted by atomic mass is 15.1. The van der Waals surface area contributed by atoms with Crippen LogP contribution in [0.15, 0.2) is 24.3 Å². The molecule has 1 N–H and O–H groups in total. The fourth-order valence-electron chi connectivity index (χ4n) is 1.61. The number of nitrogens with zero attached hydrogens (tertiary/aromatic N) is 1. The zero-order valence-electron chi connectivity index (χ0n) is 11.0. The van der Waals surface area contributed by atoms with Gasteiger partial charge in [-0.3, -0.25) is 0 Å². The van der Waals surface area contributed by atoms with E-state index in [-0.39, 0.29) is 0 Å². The summed E-state index contributed by atoms with van der Waals surface area (Å²) in [6.07, 6.45) is 1.18. The summed E-state index contributed by atoms with van der Waals surface area (Å²) in [5.74, 6) is 0.614. The van der Waals surface area contributed by atoms with Crippen molar-refractivity contribution in [3.05, 3.63) is 29.8 Å². The first-order valence-electron chi connectivity index (χ1n) is 6.08. The van der Waals surface area contributed by atoms with E-state index in [2.05, 4.69) is 62.4 Å². The molecular weight excluding hydrogens is 196 g/mol. The van der Waals surface area contributed by atoms with Crippen LogP contribution in [0.25, 0.3) is 0 Å². The highest BCUT2D eigenvalue weighted by molar-refractivity contribution is 5.44. The molecule has 16 heavy (non-hydrogen) atoms. The first kappa shape index (κ1) is 13.0. The minimum atomic E-state index is 0.614. The van der Waals surface area contributed by atoms with Gasteiger partial charge in [-0.15, -0.1) is 0 Å². The van der Waals surface area contributed by atoms with Crippen LogP contribution in [0.4, 0.5) is 5.69 Å². The van der Waals surface area contributed by atoms with Crippen LogP contribution in [0, 0.1) is 0 Å². The molecule has 0 aliphatic rings. The van der Waals surface area contributed by atoms with E-state index >= 15 is 0 Å². The van der Waals surface area contributed by atoms with Gasteiger partial charge in [0.25, 0.3) is 0 Å². The quantitative estimate of drug-likeness (QED) is 0.741. The van der Waals surface area contributed by atoms with Gasteiger partial charge in [0.1, 0.15) is 0 Å². The SMILES string of the molecule is CC(C)c1ccc(NCCCN(C)C)cc1. The second-order valence-electron chi connectivity index (χ2n) is 4.86. The van der Waals surface area contributed by atoms with Crippen molar-refractivity contribution >= 4 is 5.69 Å². The van der Waals surface area contributed by atoms with Gasteiger partial charge in [0.05, 0.1) is 0 Å². The molecule has 0 aliphatic heterocycles. The highest BCUT2D eigenvalue weighted by Gasteiger charge is 1.98. The van der Waals surface area contributed by atoms with E-state index in [1.54, 1.807) is 0 Å². The lowest BCUT2D eigenvalue weighted by atomic mass is 10.0. The van der Waals surface area contributed by atoms with E-state index in [1.165, 1.54) is 17.7 Å². The van der Waals surface area contributed by atoms with Gasteiger partial charge in [-0.05, 0) is 50.7 Å². The van der Waals surface area contributed by atoms with Crippen molar-refractivity contribution in [3.63, 3.8) is 0 Å². The molecule has 0 fully saturated rings. The molecular formula is C14H24N2. The summed E-state index contributed by atoms with van der Waals surface area (Å²) < 4.78 is 0. The van der Waals surface area contributed by atoms with Gasteiger partial charge < -0.3 is 10.2 Å². The van der Waals surface area contributed by atoms with Crippen molar-refractivity contribution in [3.8, 4) is 0 Å². The molecule has 1 rings (SSSR count). The van der Waals surface area contributed by atoms with Gasteiger partial charge >= 0.3 is 0 Å². The van der Waals surface area contributed by atoms with Crippen molar-refractivity contribution in [1.29, 1.82) is 0 Å². The third-order valence-corrected chi connectivity index (χ3v) is 2.69. The van der Waals surface area contributed by atoms with Gasteiger partial charge in [0.2, 0.25) is 0 Å². The zero-order chi connectivity index (χ0) is 12.0. The maximum atomic E-state index is 3.44. The molecule has 0 aliphatic carbocycles. The van der Waals surface area contributed by atoms with Crippen LogP contribution in [0.2, 0.25) is 0 Å². The summed E-state index contributed by atoms with van der Waals surface area (Å²) in [7, 11) is 4.22. The van der Waals surface area contributed by atoms with E-state index in [0.717, 1.165) is 13.1 Å². The number of hydrogen-bond acceptors (Lipinski definition) is 2. The molecule has 0 saturated heterocycles. The Balaban J connectivity index is 2.32. The number of rotatable bonds is 6. The van der Waals surface area contributed by atoms with Crippen molar-refractivity contribution in [1.82, 2.24) is 4.90 Å². The molecule has 0 aromatic heterocycles. The molecule has 0 bridgehead atoms. The van der Waals surface area contributed by atoms with E-state index in [1.807, 2.05) is 0 Å². The number of benzene rings is 1. The molecule has 0 saturated carbocycles. The minimum Gasteiger partial charge on any atom is -0.385 e. The molecule has 1 aromatic carbocycles. The minimum absolute atomic E-state index is 0.614. The van der Waals surface area contributed by atoms with Gasteiger partial charge in [0, 0.05) is 12.2 Å². The predicted molar refractivity (Wildman–Crippen MR) is 72.2 cm³/mol. The molecule has 0 unspecified atom stereocenters. The van der Waals surface area contributed by atoms with Crippen LogP contribution >= 0.6 is 0 Å². The number of anilines is 1. The molecule has 1 aromatic rings. The van der Waals surface area contributed by atoms with E-state index in [9.17, 15) is 0 Å². The second kappa shape index (κ2) is 6.54. The molecule has 0 spiro atoms. The Hall–Kier alpha value is -1.02. The van der Waals surface area contributed by atoms with Crippen LogP contribution in [0.1, 0.15) is 31.7 Å².